The maximum atomic E-state index is 13.5. The van der Waals surface area contributed by atoms with E-state index in [-0.39, 0.29) is 12.2 Å². The van der Waals surface area contributed by atoms with Gasteiger partial charge in [0, 0.05) is 5.69 Å². The highest BCUT2D eigenvalue weighted by Crippen LogP contribution is 2.66. The first-order chi connectivity index (χ1) is 12.4. The third-order valence-electron chi connectivity index (χ3n) is 4.47. The Morgan fingerprint density at radius 2 is 1.62 bits per heavy atom. The van der Waals surface area contributed by atoms with Crippen LogP contribution in [0.25, 0.3) is 0 Å². The average molecular weight is 375 g/mol. The molecule has 0 saturated carbocycles. The predicted octanol–water partition coefficient (Wildman–Crippen LogP) is 5.52. The van der Waals surface area contributed by atoms with Crippen molar-refractivity contribution in [1.29, 1.82) is 0 Å². The van der Waals surface area contributed by atoms with Crippen LogP contribution in [0.4, 0.5) is 5.69 Å². The molecular formula is C20H26NO4P. The number of anilines is 1. The van der Waals surface area contributed by atoms with Gasteiger partial charge in [-0.15, -0.1) is 0 Å². The lowest BCUT2D eigenvalue weighted by Gasteiger charge is -2.25. The van der Waals surface area contributed by atoms with Crippen molar-refractivity contribution >= 4 is 13.3 Å². The van der Waals surface area contributed by atoms with Crippen molar-refractivity contribution in [1.82, 2.24) is 0 Å². The molecule has 1 unspecified atom stereocenters. The van der Waals surface area contributed by atoms with Crippen LogP contribution < -0.4 is 10.1 Å². The van der Waals surface area contributed by atoms with Gasteiger partial charge in [-0.3, -0.25) is 4.57 Å². The molecule has 1 aliphatic heterocycles. The number of aryl methyl sites for hydroxylation is 1. The molecule has 0 spiro atoms. The van der Waals surface area contributed by atoms with E-state index in [2.05, 4.69) is 5.32 Å². The number of hydrogen-bond acceptors (Lipinski definition) is 5. The van der Waals surface area contributed by atoms with Crippen LogP contribution in [0.2, 0.25) is 0 Å². The highest BCUT2D eigenvalue weighted by molar-refractivity contribution is 7.54. The van der Waals surface area contributed by atoms with Gasteiger partial charge < -0.3 is 19.1 Å². The summed E-state index contributed by atoms with van der Waals surface area (Å²) in [4.78, 5) is 0. The van der Waals surface area contributed by atoms with Crippen LogP contribution in [-0.4, -0.2) is 18.8 Å². The van der Waals surface area contributed by atoms with E-state index in [1.807, 2.05) is 76.2 Å². The summed E-state index contributed by atoms with van der Waals surface area (Å²) in [6, 6.07) is 15.5. The van der Waals surface area contributed by atoms with Gasteiger partial charge in [-0.05, 0) is 57.5 Å². The molecular weight excluding hydrogens is 349 g/mol. The highest BCUT2D eigenvalue weighted by atomic mass is 31.2. The molecule has 140 valence electrons. The summed E-state index contributed by atoms with van der Waals surface area (Å²) in [6.07, 6.45) is -0.434. The lowest BCUT2D eigenvalue weighted by molar-refractivity contribution is 0.187. The van der Waals surface area contributed by atoms with Crippen LogP contribution in [0.5, 0.6) is 5.75 Å². The smallest absolute Gasteiger partial charge is 0.357 e. The SMILES string of the molecule is CCOc1ccc([C@@H](Nc2ccc(C)cc2)P2(=O)O[C@@H](C)[C@@H](C)O2)cc1. The van der Waals surface area contributed by atoms with Crippen LogP contribution >= 0.6 is 7.60 Å². The number of rotatable bonds is 6. The van der Waals surface area contributed by atoms with Gasteiger partial charge in [-0.2, -0.15) is 0 Å². The molecule has 26 heavy (non-hydrogen) atoms. The Bertz CT molecular complexity index is 761. The van der Waals surface area contributed by atoms with Crippen LogP contribution in [0, 0.1) is 6.92 Å². The van der Waals surface area contributed by atoms with Gasteiger partial charge in [0.15, 0.2) is 5.78 Å². The summed E-state index contributed by atoms with van der Waals surface area (Å²) in [6.45, 7) is 8.33. The third kappa shape index (κ3) is 4.12. The van der Waals surface area contributed by atoms with Crippen molar-refractivity contribution in [2.24, 2.45) is 0 Å². The second-order valence-corrected chi connectivity index (χ2v) is 8.59. The quantitative estimate of drug-likeness (QED) is 0.674. The maximum Gasteiger partial charge on any atom is 0.357 e. The van der Waals surface area contributed by atoms with Crippen LogP contribution in [-0.2, 0) is 13.6 Å². The molecule has 1 fully saturated rings. The highest BCUT2D eigenvalue weighted by Gasteiger charge is 2.47. The number of benzene rings is 2. The number of nitrogens with one attached hydrogen (secondary N) is 1. The van der Waals surface area contributed by atoms with Gasteiger partial charge in [-0.25, -0.2) is 0 Å². The van der Waals surface area contributed by atoms with Crippen molar-refractivity contribution < 1.29 is 18.3 Å². The Morgan fingerprint density at radius 3 is 2.15 bits per heavy atom. The lowest BCUT2D eigenvalue weighted by Crippen LogP contribution is -2.13. The van der Waals surface area contributed by atoms with E-state index < -0.39 is 13.4 Å². The largest absolute Gasteiger partial charge is 0.494 e. The Balaban J connectivity index is 1.93. The van der Waals surface area contributed by atoms with E-state index >= 15 is 0 Å². The molecule has 0 bridgehead atoms. The summed E-state index contributed by atoms with van der Waals surface area (Å²) in [5.41, 5.74) is 2.86. The summed E-state index contributed by atoms with van der Waals surface area (Å²) < 4.78 is 30.6. The Labute approximate surface area is 155 Å². The Hall–Kier alpha value is -1.81. The van der Waals surface area contributed by atoms with E-state index in [0.29, 0.717) is 6.61 Å². The fourth-order valence-electron chi connectivity index (χ4n) is 2.85. The topological polar surface area (TPSA) is 56.8 Å². The molecule has 0 aliphatic carbocycles. The average Bonchev–Trinajstić information content (AvgIpc) is 2.88. The summed E-state index contributed by atoms with van der Waals surface area (Å²) in [5, 5.41) is 3.34. The lowest BCUT2D eigenvalue weighted by atomic mass is 10.2. The standard InChI is InChI=1S/C20H26NO4P/c1-5-23-19-12-8-17(9-13-19)20(21-18-10-6-14(2)7-11-18)26(22)24-15(3)16(4)25-26/h6-13,15-16,20-21H,5H2,1-4H3/t15-,16+,20-,26?/m0/s1. The van der Waals surface area contributed by atoms with Gasteiger partial charge in [0.05, 0.1) is 18.8 Å². The molecule has 1 N–H and O–H groups in total. The van der Waals surface area contributed by atoms with Crippen molar-refractivity contribution in [3.8, 4) is 5.75 Å². The monoisotopic (exact) mass is 375 g/mol. The molecule has 2 aromatic carbocycles. The molecule has 5 nitrogen and oxygen atoms in total. The maximum absolute atomic E-state index is 13.5. The Morgan fingerprint density at radius 1 is 1.04 bits per heavy atom. The van der Waals surface area contributed by atoms with E-state index in [1.165, 1.54) is 0 Å². The van der Waals surface area contributed by atoms with Gasteiger partial charge >= 0.3 is 7.60 Å². The van der Waals surface area contributed by atoms with Crippen molar-refractivity contribution in [2.75, 3.05) is 11.9 Å². The molecule has 4 atom stereocenters. The molecule has 0 radical (unpaired) electrons. The minimum Gasteiger partial charge on any atom is -0.494 e. The fourth-order valence-corrected chi connectivity index (χ4v) is 5.25. The van der Waals surface area contributed by atoms with E-state index in [0.717, 1.165) is 22.6 Å². The van der Waals surface area contributed by atoms with Gasteiger partial charge in [-0.1, -0.05) is 29.8 Å². The first kappa shape index (κ1) is 19.0. The van der Waals surface area contributed by atoms with Crippen molar-refractivity contribution in [2.45, 2.75) is 45.7 Å². The molecule has 3 rings (SSSR count). The number of ether oxygens (including phenoxy) is 1. The van der Waals surface area contributed by atoms with Crippen LogP contribution in [0.1, 0.15) is 37.7 Å². The van der Waals surface area contributed by atoms with E-state index in [9.17, 15) is 4.57 Å². The summed E-state index contributed by atoms with van der Waals surface area (Å²) >= 11 is 0. The molecule has 2 aromatic rings. The second-order valence-electron chi connectivity index (χ2n) is 6.58. The van der Waals surface area contributed by atoms with Gasteiger partial charge in [0.1, 0.15) is 5.75 Å². The first-order valence-corrected chi connectivity index (χ1v) is 10.5. The molecule has 0 aromatic heterocycles. The zero-order valence-corrected chi connectivity index (χ0v) is 16.5. The van der Waals surface area contributed by atoms with Gasteiger partial charge in [0.25, 0.3) is 0 Å². The summed E-state index contributed by atoms with van der Waals surface area (Å²) in [5.74, 6) is 0.187. The van der Waals surface area contributed by atoms with Crippen molar-refractivity contribution in [3.63, 3.8) is 0 Å². The minimum absolute atomic E-state index is 0.217. The second kappa shape index (κ2) is 7.83. The first-order valence-electron chi connectivity index (χ1n) is 8.94. The van der Waals surface area contributed by atoms with Crippen molar-refractivity contribution in [3.05, 3.63) is 59.7 Å². The van der Waals surface area contributed by atoms with Crippen LogP contribution in [0.3, 0.4) is 0 Å². The third-order valence-corrected chi connectivity index (χ3v) is 6.78. The molecule has 1 heterocycles. The zero-order valence-electron chi connectivity index (χ0n) is 15.6. The minimum atomic E-state index is -3.37. The fraction of sp³-hybridized carbons (Fsp3) is 0.400. The predicted molar refractivity (Wildman–Crippen MR) is 104 cm³/mol. The van der Waals surface area contributed by atoms with E-state index in [1.54, 1.807) is 0 Å². The molecule has 1 saturated heterocycles. The molecule has 1 aliphatic rings. The van der Waals surface area contributed by atoms with E-state index in [4.69, 9.17) is 13.8 Å². The van der Waals surface area contributed by atoms with Gasteiger partial charge in [0.2, 0.25) is 0 Å². The molecule has 6 heteroatoms. The zero-order chi connectivity index (χ0) is 18.7. The molecule has 0 amide bonds. The van der Waals surface area contributed by atoms with Crippen LogP contribution in [0.15, 0.2) is 48.5 Å². The Kier molecular flexibility index (Phi) is 5.71. The number of hydrogen-bond donors (Lipinski definition) is 1. The summed E-state index contributed by atoms with van der Waals surface area (Å²) in [7, 11) is -3.37. The normalized spacial score (nSPS) is 26.5.